The van der Waals surface area contributed by atoms with E-state index < -0.39 is 0 Å². The van der Waals surface area contributed by atoms with Crippen LogP contribution in [0, 0.1) is 5.92 Å². The molecule has 23 heavy (non-hydrogen) atoms. The third-order valence-corrected chi connectivity index (χ3v) is 4.86. The molecule has 3 rings (SSSR count). The predicted octanol–water partition coefficient (Wildman–Crippen LogP) is 2.23. The monoisotopic (exact) mass is 315 g/mol. The van der Waals surface area contributed by atoms with E-state index in [1.54, 1.807) is 12.5 Å². The Morgan fingerprint density at radius 3 is 3.09 bits per heavy atom. The number of hydrogen-bond donors (Lipinski definition) is 0. The lowest BCUT2D eigenvalue weighted by atomic mass is 9.94. The molecule has 5 nitrogen and oxygen atoms in total. The second-order valence-corrected chi connectivity index (χ2v) is 6.56. The van der Waals surface area contributed by atoms with Gasteiger partial charge in [0, 0.05) is 32.0 Å². The van der Waals surface area contributed by atoms with E-state index in [0.29, 0.717) is 12.0 Å². The van der Waals surface area contributed by atoms with Crippen LogP contribution < -0.4 is 0 Å². The zero-order chi connectivity index (χ0) is 16.2. The van der Waals surface area contributed by atoms with Crippen LogP contribution in [-0.4, -0.2) is 54.5 Å². The molecule has 0 unspecified atom stereocenters. The molecule has 0 spiro atoms. The van der Waals surface area contributed by atoms with Crippen LogP contribution in [0.5, 0.6) is 0 Å². The van der Waals surface area contributed by atoms with Crippen molar-refractivity contribution in [2.24, 2.45) is 5.92 Å². The average molecular weight is 315 g/mol. The quantitative estimate of drug-likeness (QED) is 0.855. The van der Waals surface area contributed by atoms with Crippen LogP contribution >= 0.6 is 0 Å². The van der Waals surface area contributed by atoms with Crippen LogP contribution in [0.3, 0.4) is 0 Å². The number of pyridine rings is 1. The van der Waals surface area contributed by atoms with Gasteiger partial charge in [0.2, 0.25) is 0 Å². The standard InChI is InChI=1S/C18H25N3O2/c1-20-9-7-15(17(20)14-5-3-8-19-11-14)12-21(2)18(22)16-6-4-10-23-13-16/h3,5,8,11,13,15,17H,4,6-7,9-10,12H2,1-2H3/t15-,17-/m0/s1. The SMILES string of the molecule is CN(C[C@@H]1CCN(C)[C@H]1c1cccnc1)C(=O)C1=COCCC1. The number of likely N-dealkylation sites (N-methyl/N-ethyl adjacent to an activating group) is 1. The van der Waals surface area contributed by atoms with Gasteiger partial charge < -0.3 is 9.64 Å². The highest BCUT2D eigenvalue weighted by Gasteiger charge is 2.34. The van der Waals surface area contributed by atoms with Gasteiger partial charge in [-0.15, -0.1) is 0 Å². The summed E-state index contributed by atoms with van der Waals surface area (Å²) in [6, 6.07) is 4.44. The first-order valence-corrected chi connectivity index (χ1v) is 8.33. The van der Waals surface area contributed by atoms with E-state index in [1.165, 1.54) is 5.56 Å². The minimum atomic E-state index is 0.101. The molecule has 0 radical (unpaired) electrons. The average Bonchev–Trinajstić information content (AvgIpc) is 2.96. The first-order chi connectivity index (χ1) is 11.2. The molecule has 0 aliphatic carbocycles. The molecule has 0 saturated carbocycles. The number of carbonyl (C=O) groups is 1. The fourth-order valence-corrected chi connectivity index (χ4v) is 3.70. The smallest absolute Gasteiger partial charge is 0.252 e. The molecule has 0 bridgehead atoms. The van der Waals surface area contributed by atoms with Crippen LogP contribution in [0.25, 0.3) is 0 Å². The molecular formula is C18H25N3O2. The van der Waals surface area contributed by atoms with Gasteiger partial charge in [0.15, 0.2) is 0 Å². The zero-order valence-electron chi connectivity index (χ0n) is 13.9. The lowest BCUT2D eigenvalue weighted by molar-refractivity contribution is -0.127. The molecule has 2 atom stereocenters. The summed E-state index contributed by atoms with van der Waals surface area (Å²) in [6.45, 7) is 2.54. The van der Waals surface area contributed by atoms with E-state index in [1.807, 2.05) is 24.2 Å². The van der Waals surface area contributed by atoms with Crippen molar-refractivity contribution in [1.82, 2.24) is 14.8 Å². The molecule has 0 N–H and O–H groups in total. The predicted molar refractivity (Wildman–Crippen MR) is 88.6 cm³/mol. The number of aromatic nitrogens is 1. The first kappa shape index (κ1) is 16.0. The second-order valence-electron chi connectivity index (χ2n) is 6.56. The van der Waals surface area contributed by atoms with Gasteiger partial charge >= 0.3 is 0 Å². The van der Waals surface area contributed by atoms with Gasteiger partial charge in [-0.2, -0.15) is 0 Å². The van der Waals surface area contributed by atoms with Gasteiger partial charge in [-0.3, -0.25) is 14.7 Å². The van der Waals surface area contributed by atoms with Gasteiger partial charge in [-0.1, -0.05) is 6.07 Å². The third-order valence-electron chi connectivity index (χ3n) is 4.86. The zero-order valence-corrected chi connectivity index (χ0v) is 13.9. The molecule has 1 fully saturated rings. The Morgan fingerprint density at radius 1 is 1.52 bits per heavy atom. The van der Waals surface area contributed by atoms with Crippen molar-refractivity contribution in [1.29, 1.82) is 0 Å². The van der Waals surface area contributed by atoms with Crippen LogP contribution in [-0.2, 0) is 9.53 Å². The molecule has 1 saturated heterocycles. The van der Waals surface area contributed by atoms with Crippen LogP contribution in [0.15, 0.2) is 36.4 Å². The number of amides is 1. The lowest BCUT2D eigenvalue weighted by Gasteiger charge is -2.29. The number of rotatable bonds is 4. The molecular weight excluding hydrogens is 290 g/mol. The summed E-state index contributed by atoms with van der Waals surface area (Å²) in [7, 11) is 4.05. The summed E-state index contributed by atoms with van der Waals surface area (Å²) < 4.78 is 5.30. The van der Waals surface area contributed by atoms with Crippen molar-refractivity contribution in [3.8, 4) is 0 Å². The topological polar surface area (TPSA) is 45.7 Å². The minimum Gasteiger partial charge on any atom is -0.501 e. The molecule has 0 aromatic carbocycles. The highest BCUT2D eigenvalue weighted by atomic mass is 16.5. The molecule has 1 aromatic rings. The maximum Gasteiger partial charge on any atom is 0.252 e. The Balaban J connectivity index is 1.68. The van der Waals surface area contributed by atoms with Crippen molar-refractivity contribution in [3.63, 3.8) is 0 Å². The van der Waals surface area contributed by atoms with Crippen molar-refractivity contribution < 1.29 is 9.53 Å². The third kappa shape index (κ3) is 3.55. The molecule has 3 heterocycles. The number of nitrogens with zero attached hydrogens (tertiary/aromatic N) is 3. The van der Waals surface area contributed by atoms with Crippen LogP contribution in [0.4, 0.5) is 0 Å². The highest BCUT2D eigenvalue weighted by molar-refractivity contribution is 5.93. The van der Waals surface area contributed by atoms with Crippen LogP contribution in [0.2, 0.25) is 0 Å². The summed E-state index contributed by atoms with van der Waals surface area (Å²) in [5.74, 6) is 0.535. The Bertz CT molecular complexity index is 573. The fourth-order valence-electron chi connectivity index (χ4n) is 3.70. The van der Waals surface area contributed by atoms with Gasteiger partial charge in [0.05, 0.1) is 18.4 Å². The second kappa shape index (κ2) is 7.13. The number of hydrogen-bond acceptors (Lipinski definition) is 4. The number of likely N-dealkylation sites (tertiary alicyclic amines) is 1. The van der Waals surface area contributed by atoms with E-state index in [2.05, 4.69) is 23.0 Å². The summed E-state index contributed by atoms with van der Waals surface area (Å²) >= 11 is 0. The van der Waals surface area contributed by atoms with E-state index in [-0.39, 0.29) is 5.91 Å². The normalized spacial score (nSPS) is 24.9. The van der Waals surface area contributed by atoms with Gasteiger partial charge in [0.25, 0.3) is 5.91 Å². The van der Waals surface area contributed by atoms with Crippen molar-refractivity contribution in [2.75, 3.05) is 33.8 Å². The molecule has 2 aliphatic rings. The first-order valence-electron chi connectivity index (χ1n) is 8.33. The highest BCUT2D eigenvalue weighted by Crippen LogP contribution is 2.36. The maximum atomic E-state index is 12.6. The van der Waals surface area contributed by atoms with E-state index in [9.17, 15) is 4.79 Å². The van der Waals surface area contributed by atoms with Crippen LogP contribution in [0.1, 0.15) is 30.9 Å². The van der Waals surface area contributed by atoms with Crippen molar-refractivity contribution >= 4 is 5.91 Å². The van der Waals surface area contributed by atoms with Crippen molar-refractivity contribution in [3.05, 3.63) is 41.9 Å². The molecule has 5 heteroatoms. The molecule has 124 valence electrons. The Morgan fingerprint density at radius 2 is 2.39 bits per heavy atom. The van der Waals surface area contributed by atoms with Gasteiger partial charge in [-0.05, 0) is 50.4 Å². The summed E-state index contributed by atoms with van der Waals surface area (Å²) in [5.41, 5.74) is 2.03. The van der Waals surface area contributed by atoms with E-state index in [4.69, 9.17) is 4.74 Å². The van der Waals surface area contributed by atoms with Crippen molar-refractivity contribution in [2.45, 2.75) is 25.3 Å². The minimum absolute atomic E-state index is 0.101. The molecule has 2 aliphatic heterocycles. The fraction of sp³-hybridized carbons (Fsp3) is 0.556. The maximum absolute atomic E-state index is 12.6. The summed E-state index contributed by atoms with van der Waals surface area (Å²) in [4.78, 5) is 21.0. The molecule has 1 aromatic heterocycles. The number of carbonyl (C=O) groups excluding carboxylic acids is 1. The lowest BCUT2D eigenvalue weighted by Crippen LogP contribution is -2.35. The van der Waals surface area contributed by atoms with E-state index >= 15 is 0 Å². The Labute approximate surface area is 137 Å². The van der Waals surface area contributed by atoms with Gasteiger partial charge in [0.1, 0.15) is 0 Å². The summed E-state index contributed by atoms with van der Waals surface area (Å²) in [6.07, 6.45) is 8.23. The van der Waals surface area contributed by atoms with Gasteiger partial charge in [-0.25, -0.2) is 0 Å². The number of ether oxygens (including phenoxy) is 1. The Kier molecular flexibility index (Phi) is 4.96. The Hall–Kier alpha value is -1.88. The molecule has 1 amide bonds. The van der Waals surface area contributed by atoms with E-state index in [0.717, 1.165) is 44.5 Å². The summed E-state index contributed by atoms with van der Waals surface area (Å²) in [5, 5.41) is 0. The largest absolute Gasteiger partial charge is 0.501 e.